The van der Waals surface area contributed by atoms with Crippen molar-refractivity contribution in [3.8, 4) is 22.3 Å². The average Bonchev–Trinajstić information content (AvgIpc) is 3.79. The molecule has 14 aromatic carbocycles. The second-order valence-corrected chi connectivity index (χ2v) is 17.1. The zero-order valence-electron chi connectivity index (χ0n) is 33.3. The van der Waals surface area contributed by atoms with Crippen LogP contribution in [0, 0.1) is 13.8 Å². The molecule has 0 aromatic heterocycles. The molecule has 0 fully saturated rings. The summed E-state index contributed by atoms with van der Waals surface area (Å²) < 4.78 is 0. The van der Waals surface area contributed by atoms with Crippen molar-refractivity contribution in [2.45, 2.75) is 13.8 Å². The molecule has 0 spiro atoms. The van der Waals surface area contributed by atoms with Gasteiger partial charge in [0.25, 0.3) is 0 Å². The predicted molar refractivity (Wildman–Crippen MR) is 262 cm³/mol. The second-order valence-electron chi connectivity index (χ2n) is 17.1. The molecular weight excluding hydrogens is 721 g/mol. The predicted octanol–water partition coefficient (Wildman–Crippen LogP) is 17.2. The number of aryl methyl sites for hydroxylation is 2. The third kappa shape index (κ3) is 4.06. The van der Waals surface area contributed by atoms with E-state index in [4.69, 9.17) is 0 Å². The number of hydrogen-bond acceptors (Lipinski definition) is 0. The maximum atomic E-state index is 2.52. The Morgan fingerprint density at radius 1 is 0.200 bits per heavy atom. The van der Waals surface area contributed by atoms with Gasteiger partial charge in [-0.15, -0.1) is 0 Å². The van der Waals surface area contributed by atoms with E-state index in [9.17, 15) is 0 Å². The van der Waals surface area contributed by atoms with Gasteiger partial charge in [0.1, 0.15) is 0 Å². The van der Waals surface area contributed by atoms with E-state index in [1.807, 2.05) is 0 Å². The lowest BCUT2D eigenvalue weighted by Crippen LogP contribution is -1.89. The van der Waals surface area contributed by atoms with Gasteiger partial charge >= 0.3 is 0 Å². The summed E-state index contributed by atoms with van der Waals surface area (Å²) in [6, 6.07) is 69.1. The number of benzene rings is 12. The molecule has 14 aromatic rings. The van der Waals surface area contributed by atoms with Gasteiger partial charge in [-0.3, -0.25) is 0 Å². The average molecular weight is 757 g/mol. The van der Waals surface area contributed by atoms with Crippen LogP contribution < -0.4 is 0 Å². The topological polar surface area (TPSA) is 0 Å². The van der Waals surface area contributed by atoms with Crippen molar-refractivity contribution in [1.82, 2.24) is 0 Å². The summed E-state index contributed by atoms with van der Waals surface area (Å²) in [5.41, 5.74) is 7.85. The highest BCUT2D eigenvalue weighted by Gasteiger charge is 2.22. The van der Waals surface area contributed by atoms with Crippen molar-refractivity contribution in [2.24, 2.45) is 0 Å². The summed E-state index contributed by atoms with van der Waals surface area (Å²) in [6.45, 7) is 4.53. The van der Waals surface area contributed by atoms with Crippen molar-refractivity contribution in [3.05, 3.63) is 193 Å². The van der Waals surface area contributed by atoms with Crippen molar-refractivity contribution in [3.63, 3.8) is 0 Å². The van der Waals surface area contributed by atoms with E-state index >= 15 is 0 Å². The van der Waals surface area contributed by atoms with Crippen LogP contribution >= 0.6 is 0 Å². The van der Waals surface area contributed by atoms with Crippen molar-refractivity contribution >= 4 is 118 Å². The summed E-state index contributed by atoms with van der Waals surface area (Å²) in [7, 11) is 0. The van der Waals surface area contributed by atoms with Crippen LogP contribution in [0.15, 0.2) is 182 Å². The van der Waals surface area contributed by atoms with E-state index in [2.05, 4.69) is 196 Å². The summed E-state index contributed by atoms with van der Waals surface area (Å²) >= 11 is 0. The SMILES string of the molecule is Cc1c2ccccc2c(-c2ccc3c(c2)c2cc4c(cc5c6cc(-c7c8ccccc8c(C)c8ccccc78)ccc6c6cccc4c65)c4cccc3c42)c2ccccc12. The van der Waals surface area contributed by atoms with Crippen LogP contribution in [0.25, 0.3) is 141 Å². The van der Waals surface area contributed by atoms with Gasteiger partial charge in [-0.05, 0) is 190 Å². The highest BCUT2D eigenvalue weighted by molar-refractivity contribution is 6.41. The molecule has 0 N–H and O–H groups in total. The second kappa shape index (κ2) is 11.6. The molecule has 0 saturated heterocycles. The molecule has 0 bridgehead atoms. The van der Waals surface area contributed by atoms with E-state index in [0.717, 1.165) is 0 Å². The van der Waals surface area contributed by atoms with E-state index < -0.39 is 0 Å². The van der Waals surface area contributed by atoms with Gasteiger partial charge in [-0.1, -0.05) is 158 Å². The minimum Gasteiger partial charge on any atom is -0.0616 e. The quantitative estimate of drug-likeness (QED) is 0.122. The van der Waals surface area contributed by atoms with Crippen LogP contribution in [0.5, 0.6) is 0 Å². The van der Waals surface area contributed by atoms with Crippen molar-refractivity contribution in [2.75, 3.05) is 0 Å². The molecule has 0 saturated carbocycles. The molecule has 0 heteroatoms. The Hall–Kier alpha value is -7.54. The molecule has 0 aliphatic heterocycles. The first-order chi connectivity index (χ1) is 29.6. The standard InChI is InChI=1S/C60H36/c1-33-37-13-3-7-17-43(37)57(44-18-8-4-14-38(33)44)35-25-27-41-47-21-11-23-49-54-32-56-52-30-36(58-45-19-9-5-15-39(45)34(2)40-16-6-10-20-46(40)58)26-28-42(52)48-22-12-24-50(60(48)56)53(54)31-55(59(47)49)51(41)29-35/h3-32H,1-2H3. The normalized spacial score (nSPS) is 12.5. The molecule has 60 heavy (non-hydrogen) atoms. The molecule has 0 radical (unpaired) electrons. The van der Waals surface area contributed by atoms with Crippen LogP contribution in [0.4, 0.5) is 0 Å². The smallest absolute Gasteiger partial charge is 0.00199 e. The van der Waals surface area contributed by atoms with Gasteiger partial charge < -0.3 is 0 Å². The van der Waals surface area contributed by atoms with Crippen LogP contribution in [0.1, 0.15) is 11.1 Å². The van der Waals surface area contributed by atoms with Gasteiger partial charge in [-0.2, -0.15) is 0 Å². The molecule has 0 unspecified atom stereocenters. The fourth-order valence-corrected chi connectivity index (χ4v) is 11.7. The summed E-state index contributed by atoms with van der Waals surface area (Å²) in [6.07, 6.45) is 0. The lowest BCUT2D eigenvalue weighted by Gasteiger charge is -2.15. The van der Waals surface area contributed by atoms with E-state index in [-0.39, 0.29) is 0 Å². The molecule has 0 aliphatic rings. The van der Waals surface area contributed by atoms with Gasteiger partial charge in [0, 0.05) is 0 Å². The van der Waals surface area contributed by atoms with Gasteiger partial charge in [-0.25, -0.2) is 0 Å². The van der Waals surface area contributed by atoms with Gasteiger partial charge in [0.2, 0.25) is 0 Å². The Kier molecular flexibility index (Phi) is 6.25. The molecule has 0 aliphatic carbocycles. The van der Waals surface area contributed by atoms with Crippen LogP contribution in [0.3, 0.4) is 0 Å². The van der Waals surface area contributed by atoms with Gasteiger partial charge in [0.15, 0.2) is 0 Å². The number of fused-ring (bicyclic) bond motifs is 13. The minimum absolute atomic E-state index is 1.27. The first kappa shape index (κ1) is 32.4. The first-order valence-electron chi connectivity index (χ1n) is 21.2. The molecule has 0 amide bonds. The van der Waals surface area contributed by atoms with Gasteiger partial charge in [0.05, 0.1) is 0 Å². The molecule has 0 nitrogen and oxygen atoms in total. The largest absolute Gasteiger partial charge is 0.0616 e. The Bertz CT molecular complexity index is 3800. The molecular formula is C60H36. The Balaban J connectivity index is 1.07. The highest BCUT2D eigenvalue weighted by Crippen LogP contribution is 2.50. The number of hydrogen-bond donors (Lipinski definition) is 0. The zero-order valence-corrected chi connectivity index (χ0v) is 33.3. The lowest BCUT2D eigenvalue weighted by atomic mass is 9.88. The Morgan fingerprint density at radius 2 is 0.483 bits per heavy atom. The lowest BCUT2D eigenvalue weighted by molar-refractivity contribution is 1.58. The first-order valence-corrected chi connectivity index (χ1v) is 21.2. The third-order valence-electron chi connectivity index (χ3n) is 14.3. The molecule has 276 valence electrons. The van der Waals surface area contributed by atoms with E-state index in [0.29, 0.717) is 0 Å². The van der Waals surface area contributed by atoms with Crippen LogP contribution in [0.2, 0.25) is 0 Å². The monoisotopic (exact) mass is 756 g/mol. The maximum Gasteiger partial charge on any atom is -0.00199 e. The Morgan fingerprint density at radius 3 is 0.833 bits per heavy atom. The highest BCUT2D eigenvalue weighted by atomic mass is 14.2. The summed E-state index contributed by atoms with van der Waals surface area (Å²) in [5.74, 6) is 0. The fourth-order valence-electron chi connectivity index (χ4n) is 11.7. The molecule has 0 atom stereocenters. The maximum absolute atomic E-state index is 2.52. The fraction of sp³-hybridized carbons (Fsp3) is 0.0333. The van der Waals surface area contributed by atoms with Crippen molar-refractivity contribution in [1.29, 1.82) is 0 Å². The zero-order chi connectivity index (χ0) is 39.4. The summed E-state index contributed by atoms with van der Waals surface area (Å²) in [4.78, 5) is 0. The molecule has 0 heterocycles. The Labute approximate surface area is 346 Å². The number of rotatable bonds is 2. The van der Waals surface area contributed by atoms with Crippen LogP contribution in [-0.2, 0) is 0 Å². The van der Waals surface area contributed by atoms with Crippen molar-refractivity contribution < 1.29 is 0 Å². The third-order valence-corrected chi connectivity index (χ3v) is 14.3. The summed E-state index contributed by atoms with van der Waals surface area (Å²) in [5, 5.41) is 29.2. The van der Waals surface area contributed by atoms with E-state index in [1.54, 1.807) is 0 Å². The minimum atomic E-state index is 1.27. The van der Waals surface area contributed by atoms with Crippen LogP contribution in [-0.4, -0.2) is 0 Å². The van der Waals surface area contributed by atoms with E-state index in [1.165, 1.54) is 152 Å². The molecule has 14 rings (SSSR count).